The molecule has 0 bridgehead atoms. The molecule has 0 aromatic heterocycles. The van der Waals surface area contributed by atoms with E-state index in [4.69, 9.17) is 4.74 Å². The number of anilines is 1. The monoisotopic (exact) mass is 299 g/mol. The average Bonchev–Trinajstić information content (AvgIpc) is 2.29. The molecule has 4 heteroatoms. The van der Waals surface area contributed by atoms with E-state index in [1.807, 2.05) is 25.1 Å². The van der Waals surface area contributed by atoms with Gasteiger partial charge in [0, 0.05) is 10.4 Å². The smallest absolute Gasteiger partial charge is 0.227 e. The molecule has 0 aliphatic carbocycles. The van der Waals surface area contributed by atoms with Crippen LogP contribution in [0.1, 0.15) is 26.7 Å². The number of halogens is 1. The average molecular weight is 300 g/mol. The predicted octanol–water partition coefficient (Wildman–Crippen LogP) is 3.83. The van der Waals surface area contributed by atoms with Gasteiger partial charge in [-0.3, -0.25) is 4.79 Å². The van der Waals surface area contributed by atoms with E-state index in [-0.39, 0.29) is 11.8 Å². The molecule has 1 aromatic carbocycles. The van der Waals surface area contributed by atoms with E-state index in [2.05, 4.69) is 28.2 Å². The molecule has 1 rings (SSSR count). The number of hydrogen-bond donors (Lipinski definition) is 1. The van der Waals surface area contributed by atoms with Crippen LogP contribution in [0.5, 0.6) is 5.75 Å². The number of rotatable bonds is 5. The number of carbonyl (C=O) groups excluding carboxylic acids is 1. The number of benzene rings is 1. The maximum atomic E-state index is 11.9. The van der Waals surface area contributed by atoms with Crippen molar-refractivity contribution in [2.45, 2.75) is 26.7 Å². The van der Waals surface area contributed by atoms with Crippen molar-refractivity contribution in [1.82, 2.24) is 0 Å². The van der Waals surface area contributed by atoms with Crippen molar-refractivity contribution in [2.75, 3.05) is 12.4 Å². The first kappa shape index (κ1) is 14.0. The van der Waals surface area contributed by atoms with Gasteiger partial charge >= 0.3 is 0 Å². The van der Waals surface area contributed by atoms with Gasteiger partial charge in [-0.05, 0) is 24.6 Å². The Morgan fingerprint density at radius 1 is 1.53 bits per heavy atom. The second-order valence-corrected chi connectivity index (χ2v) is 4.94. The second-order valence-electron chi connectivity index (χ2n) is 4.02. The highest BCUT2D eigenvalue weighted by molar-refractivity contribution is 9.10. The molecule has 94 valence electrons. The van der Waals surface area contributed by atoms with Crippen LogP contribution in [-0.4, -0.2) is 13.0 Å². The molecule has 1 atom stereocenters. The maximum absolute atomic E-state index is 11.9. The standard InChI is InChI=1S/C13H18BrNO2/c1-4-5-9(2)13(16)15-11-8-10(14)6-7-12(11)17-3/h6-9H,4-5H2,1-3H3,(H,15,16). The summed E-state index contributed by atoms with van der Waals surface area (Å²) in [6.45, 7) is 4.01. The van der Waals surface area contributed by atoms with Gasteiger partial charge in [0.05, 0.1) is 12.8 Å². The molecule has 0 radical (unpaired) electrons. The molecule has 0 saturated carbocycles. The Morgan fingerprint density at radius 3 is 2.82 bits per heavy atom. The number of hydrogen-bond acceptors (Lipinski definition) is 2. The fourth-order valence-corrected chi connectivity index (χ4v) is 1.96. The summed E-state index contributed by atoms with van der Waals surface area (Å²) in [5.41, 5.74) is 0.704. The third-order valence-electron chi connectivity index (χ3n) is 2.59. The lowest BCUT2D eigenvalue weighted by molar-refractivity contribution is -0.119. The van der Waals surface area contributed by atoms with Gasteiger partial charge in [0.15, 0.2) is 0 Å². The Bertz CT molecular complexity index is 393. The van der Waals surface area contributed by atoms with E-state index in [1.165, 1.54) is 0 Å². The van der Waals surface area contributed by atoms with Gasteiger partial charge in [-0.2, -0.15) is 0 Å². The topological polar surface area (TPSA) is 38.3 Å². The summed E-state index contributed by atoms with van der Waals surface area (Å²) in [5, 5.41) is 2.89. The molecule has 17 heavy (non-hydrogen) atoms. The lowest BCUT2D eigenvalue weighted by Gasteiger charge is -2.14. The summed E-state index contributed by atoms with van der Waals surface area (Å²) in [5.74, 6) is 0.720. The lowest BCUT2D eigenvalue weighted by Crippen LogP contribution is -2.20. The van der Waals surface area contributed by atoms with E-state index in [0.717, 1.165) is 17.3 Å². The molecule has 1 aromatic rings. The number of amides is 1. The summed E-state index contributed by atoms with van der Waals surface area (Å²) < 4.78 is 6.12. The molecular formula is C13H18BrNO2. The predicted molar refractivity (Wildman–Crippen MR) is 73.4 cm³/mol. The van der Waals surface area contributed by atoms with Gasteiger partial charge in [0.25, 0.3) is 0 Å². The van der Waals surface area contributed by atoms with Crippen LogP contribution in [0.2, 0.25) is 0 Å². The zero-order valence-corrected chi connectivity index (χ0v) is 12.0. The minimum absolute atomic E-state index is 0.0173. The van der Waals surface area contributed by atoms with Gasteiger partial charge in [-0.15, -0.1) is 0 Å². The van der Waals surface area contributed by atoms with Gasteiger partial charge in [0.1, 0.15) is 5.75 Å². The minimum Gasteiger partial charge on any atom is -0.495 e. The largest absolute Gasteiger partial charge is 0.495 e. The molecule has 0 aliphatic heterocycles. The first-order chi connectivity index (χ1) is 8.08. The van der Waals surface area contributed by atoms with Crippen molar-refractivity contribution in [2.24, 2.45) is 5.92 Å². The van der Waals surface area contributed by atoms with Crippen LogP contribution in [0.25, 0.3) is 0 Å². The van der Waals surface area contributed by atoms with Crippen LogP contribution in [0.15, 0.2) is 22.7 Å². The highest BCUT2D eigenvalue weighted by atomic mass is 79.9. The van der Waals surface area contributed by atoms with Gasteiger partial charge in [-0.25, -0.2) is 0 Å². The summed E-state index contributed by atoms with van der Waals surface area (Å²) in [7, 11) is 1.59. The fraction of sp³-hybridized carbons (Fsp3) is 0.462. The molecule has 1 amide bonds. The molecule has 0 heterocycles. The molecule has 0 fully saturated rings. The Morgan fingerprint density at radius 2 is 2.24 bits per heavy atom. The second kappa shape index (κ2) is 6.64. The van der Waals surface area contributed by atoms with Crippen molar-refractivity contribution >= 4 is 27.5 Å². The van der Waals surface area contributed by atoms with Crippen LogP contribution >= 0.6 is 15.9 Å². The normalized spacial score (nSPS) is 12.0. The summed E-state index contributed by atoms with van der Waals surface area (Å²) in [6.07, 6.45) is 1.90. The van der Waals surface area contributed by atoms with Crippen LogP contribution < -0.4 is 10.1 Å². The fourth-order valence-electron chi connectivity index (χ4n) is 1.60. The zero-order chi connectivity index (χ0) is 12.8. The van der Waals surface area contributed by atoms with Crippen LogP contribution in [0.4, 0.5) is 5.69 Å². The molecule has 0 aliphatic rings. The van der Waals surface area contributed by atoms with Crippen LogP contribution in [0.3, 0.4) is 0 Å². The Hall–Kier alpha value is -1.03. The van der Waals surface area contributed by atoms with Crippen molar-refractivity contribution in [3.05, 3.63) is 22.7 Å². The minimum atomic E-state index is 0.0173. The Labute approximate surface area is 111 Å². The van der Waals surface area contributed by atoms with Crippen molar-refractivity contribution in [1.29, 1.82) is 0 Å². The number of carbonyl (C=O) groups is 1. The third kappa shape index (κ3) is 4.04. The first-order valence-corrected chi connectivity index (χ1v) is 6.52. The van der Waals surface area contributed by atoms with E-state index in [0.29, 0.717) is 11.4 Å². The lowest BCUT2D eigenvalue weighted by atomic mass is 10.1. The molecule has 3 nitrogen and oxygen atoms in total. The number of ether oxygens (including phenoxy) is 1. The molecule has 0 saturated heterocycles. The van der Waals surface area contributed by atoms with Crippen molar-refractivity contribution < 1.29 is 9.53 Å². The molecule has 1 unspecified atom stereocenters. The Balaban J connectivity index is 2.79. The van der Waals surface area contributed by atoms with Gasteiger partial charge in [0.2, 0.25) is 5.91 Å². The highest BCUT2D eigenvalue weighted by Crippen LogP contribution is 2.28. The van der Waals surface area contributed by atoms with Gasteiger partial charge in [-0.1, -0.05) is 36.2 Å². The quantitative estimate of drug-likeness (QED) is 0.897. The summed E-state index contributed by atoms with van der Waals surface area (Å²) >= 11 is 3.38. The molecular weight excluding hydrogens is 282 g/mol. The first-order valence-electron chi connectivity index (χ1n) is 5.72. The third-order valence-corrected chi connectivity index (χ3v) is 3.08. The summed E-state index contributed by atoms with van der Waals surface area (Å²) in [4.78, 5) is 11.9. The molecule has 0 spiro atoms. The highest BCUT2D eigenvalue weighted by Gasteiger charge is 2.14. The van der Waals surface area contributed by atoms with Crippen molar-refractivity contribution in [3.8, 4) is 5.75 Å². The zero-order valence-electron chi connectivity index (χ0n) is 10.4. The van der Waals surface area contributed by atoms with Crippen LogP contribution in [0, 0.1) is 5.92 Å². The Kier molecular flexibility index (Phi) is 5.48. The number of methoxy groups -OCH3 is 1. The van der Waals surface area contributed by atoms with Gasteiger partial charge < -0.3 is 10.1 Å². The SMILES string of the molecule is CCCC(C)C(=O)Nc1cc(Br)ccc1OC. The van der Waals surface area contributed by atoms with Crippen LogP contribution in [-0.2, 0) is 4.79 Å². The van der Waals surface area contributed by atoms with E-state index in [1.54, 1.807) is 7.11 Å². The van der Waals surface area contributed by atoms with E-state index >= 15 is 0 Å². The number of nitrogens with one attached hydrogen (secondary N) is 1. The van der Waals surface area contributed by atoms with E-state index in [9.17, 15) is 4.79 Å². The molecule has 1 N–H and O–H groups in total. The summed E-state index contributed by atoms with van der Waals surface area (Å²) in [6, 6.07) is 5.55. The van der Waals surface area contributed by atoms with E-state index < -0.39 is 0 Å². The maximum Gasteiger partial charge on any atom is 0.227 e. The van der Waals surface area contributed by atoms with Crippen molar-refractivity contribution in [3.63, 3.8) is 0 Å².